The fourth-order valence-electron chi connectivity index (χ4n) is 3.11. The molecule has 0 fully saturated rings. The summed E-state index contributed by atoms with van der Waals surface area (Å²) < 4.78 is 9.06. The largest absolute Gasteiger partial charge is 0.465 e. The number of rotatable bonds is 2. The van der Waals surface area contributed by atoms with Gasteiger partial charge in [-0.25, -0.2) is 4.79 Å². The van der Waals surface area contributed by atoms with Crippen LogP contribution >= 0.6 is 31.9 Å². The van der Waals surface area contributed by atoms with E-state index in [2.05, 4.69) is 60.7 Å². The SMILES string of the molecule is COC(=O)c1ccc(-n2c3ccc(Br)cc3c3cc(Br)ccc32)cc1. The molecule has 124 valence electrons. The molecule has 0 aliphatic heterocycles. The van der Waals surface area contributed by atoms with Gasteiger partial charge in [-0.3, -0.25) is 0 Å². The Bertz CT molecular complexity index is 1050. The first-order valence-corrected chi connectivity index (χ1v) is 9.25. The number of fused-ring (bicyclic) bond motifs is 3. The predicted octanol–water partition coefficient (Wildman–Crippen LogP) is 6.10. The molecule has 1 heterocycles. The van der Waals surface area contributed by atoms with E-state index in [9.17, 15) is 4.79 Å². The first kappa shape index (κ1) is 16.4. The van der Waals surface area contributed by atoms with Crippen LogP contribution in [0.4, 0.5) is 0 Å². The molecule has 4 aromatic rings. The molecule has 0 bridgehead atoms. The van der Waals surface area contributed by atoms with Crippen molar-refractivity contribution >= 4 is 59.6 Å². The summed E-state index contributed by atoms with van der Waals surface area (Å²) in [5.41, 5.74) is 3.76. The second-order valence-corrected chi connectivity index (χ2v) is 7.53. The van der Waals surface area contributed by atoms with Gasteiger partial charge >= 0.3 is 5.97 Å². The number of carbonyl (C=O) groups is 1. The van der Waals surface area contributed by atoms with Crippen LogP contribution in [-0.4, -0.2) is 17.6 Å². The minimum atomic E-state index is -0.332. The average Bonchev–Trinajstić information content (AvgIpc) is 2.94. The molecule has 0 amide bonds. The maximum Gasteiger partial charge on any atom is 0.337 e. The molecule has 4 rings (SSSR count). The number of benzene rings is 3. The Hall–Kier alpha value is -2.11. The van der Waals surface area contributed by atoms with Crippen molar-refractivity contribution in [3.63, 3.8) is 0 Å². The summed E-state index contributed by atoms with van der Waals surface area (Å²) in [6.07, 6.45) is 0. The van der Waals surface area contributed by atoms with Crippen LogP contribution in [0.5, 0.6) is 0 Å². The minimum absolute atomic E-state index is 0.332. The number of carbonyl (C=O) groups excluding carboxylic acids is 1. The van der Waals surface area contributed by atoms with E-state index in [4.69, 9.17) is 4.74 Å². The van der Waals surface area contributed by atoms with Crippen LogP contribution in [0.1, 0.15) is 10.4 Å². The topological polar surface area (TPSA) is 31.2 Å². The van der Waals surface area contributed by atoms with Crippen molar-refractivity contribution in [2.24, 2.45) is 0 Å². The number of esters is 1. The predicted molar refractivity (Wildman–Crippen MR) is 108 cm³/mol. The molecule has 1 aromatic heterocycles. The Labute approximate surface area is 161 Å². The van der Waals surface area contributed by atoms with E-state index < -0.39 is 0 Å². The van der Waals surface area contributed by atoms with E-state index >= 15 is 0 Å². The quantitative estimate of drug-likeness (QED) is 0.340. The molecule has 0 unspecified atom stereocenters. The smallest absolute Gasteiger partial charge is 0.337 e. The lowest BCUT2D eigenvalue weighted by molar-refractivity contribution is 0.0601. The number of nitrogens with zero attached hydrogens (tertiary/aromatic N) is 1. The molecule has 25 heavy (non-hydrogen) atoms. The van der Waals surface area contributed by atoms with Crippen molar-refractivity contribution < 1.29 is 9.53 Å². The Morgan fingerprint density at radius 1 is 0.840 bits per heavy atom. The molecule has 0 atom stereocenters. The van der Waals surface area contributed by atoms with Crippen LogP contribution in [0.15, 0.2) is 69.6 Å². The highest BCUT2D eigenvalue weighted by atomic mass is 79.9. The second-order valence-electron chi connectivity index (χ2n) is 5.70. The van der Waals surface area contributed by atoms with Gasteiger partial charge in [0.25, 0.3) is 0 Å². The van der Waals surface area contributed by atoms with Gasteiger partial charge in [0.2, 0.25) is 0 Å². The monoisotopic (exact) mass is 457 g/mol. The summed E-state index contributed by atoms with van der Waals surface area (Å²) in [4.78, 5) is 11.7. The molecule has 0 radical (unpaired) electrons. The van der Waals surface area contributed by atoms with Gasteiger partial charge in [0.05, 0.1) is 23.7 Å². The van der Waals surface area contributed by atoms with Gasteiger partial charge in [-0.05, 0) is 60.7 Å². The summed E-state index contributed by atoms with van der Waals surface area (Å²) >= 11 is 7.13. The van der Waals surface area contributed by atoms with Gasteiger partial charge in [-0.15, -0.1) is 0 Å². The summed E-state index contributed by atoms with van der Waals surface area (Å²) in [5, 5.41) is 2.34. The number of methoxy groups -OCH3 is 1. The zero-order valence-corrected chi connectivity index (χ0v) is 16.5. The van der Waals surface area contributed by atoms with Gasteiger partial charge in [0.1, 0.15) is 0 Å². The molecular weight excluding hydrogens is 446 g/mol. The first-order chi connectivity index (χ1) is 12.1. The Morgan fingerprint density at radius 3 is 1.84 bits per heavy atom. The zero-order chi connectivity index (χ0) is 17.6. The summed E-state index contributed by atoms with van der Waals surface area (Å²) in [7, 11) is 1.39. The molecule has 3 nitrogen and oxygen atoms in total. The van der Waals surface area contributed by atoms with Crippen molar-refractivity contribution in [2.45, 2.75) is 0 Å². The van der Waals surface area contributed by atoms with Gasteiger partial charge in [0, 0.05) is 25.4 Å². The van der Waals surface area contributed by atoms with E-state index in [1.165, 1.54) is 17.9 Å². The van der Waals surface area contributed by atoms with Crippen molar-refractivity contribution in [1.82, 2.24) is 4.57 Å². The third-order valence-electron chi connectivity index (χ3n) is 4.24. The van der Waals surface area contributed by atoms with Crippen LogP contribution in [0.3, 0.4) is 0 Å². The van der Waals surface area contributed by atoms with Crippen LogP contribution in [0, 0.1) is 0 Å². The fourth-order valence-corrected chi connectivity index (χ4v) is 3.83. The molecule has 0 aliphatic carbocycles. The number of aromatic nitrogens is 1. The molecule has 3 aromatic carbocycles. The highest BCUT2D eigenvalue weighted by molar-refractivity contribution is 9.10. The van der Waals surface area contributed by atoms with Crippen molar-refractivity contribution in [1.29, 1.82) is 0 Å². The summed E-state index contributed by atoms with van der Waals surface area (Å²) in [6, 6.07) is 20.0. The Kier molecular flexibility index (Phi) is 4.13. The van der Waals surface area contributed by atoms with Crippen LogP contribution < -0.4 is 0 Å². The molecule has 0 spiro atoms. The van der Waals surface area contributed by atoms with Crippen LogP contribution in [0.2, 0.25) is 0 Å². The summed E-state index contributed by atoms with van der Waals surface area (Å²) in [5.74, 6) is -0.332. The first-order valence-electron chi connectivity index (χ1n) is 7.66. The number of hydrogen-bond acceptors (Lipinski definition) is 2. The maximum atomic E-state index is 11.7. The normalized spacial score (nSPS) is 11.2. The molecule has 0 N–H and O–H groups in total. The highest BCUT2D eigenvalue weighted by Crippen LogP contribution is 2.35. The minimum Gasteiger partial charge on any atom is -0.465 e. The lowest BCUT2D eigenvalue weighted by Gasteiger charge is -2.08. The third-order valence-corrected chi connectivity index (χ3v) is 5.22. The molecule has 0 saturated carbocycles. The number of hydrogen-bond donors (Lipinski definition) is 0. The zero-order valence-electron chi connectivity index (χ0n) is 13.3. The van der Waals surface area contributed by atoms with E-state index in [1.54, 1.807) is 12.1 Å². The number of ether oxygens (including phenoxy) is 1. The van der Waals surface area contributed by atoms with Crippen molar-refractivity contribution in [3.8, 4) is 5.69 Å². The van der Waals surface area contributed by atoms with Gasteiger partial charge < -0.3 is 9.30 Å². The van der Waals surface area contributed by atoms with E-state index in [0.717, 1.165) is 25.7 Å². The van der Waals surface area contributed by atoms with Crippen molar-refractivity contribution in [3.05, 3.63) is 75.2 Å². The highest BCUT2D eigenvalue weighted by Gasteiger charge is 2.13. The standard InChI is InChI=1S/C20H13Br2NO2/c1-25-20(24)12-2-6-15(7-3-12)23-18-8-4-13(21)10-16(18)17-11-14(22)5-9-19(17)23/h2-11H,1H3. The fraction of sp³-hybridized carbons (Fsp3) is 0.0500. The van der Waals surface area contributed by atoms with Crippen LogP contribution in [0.25, 0.3) is 27.5 Å². The van der Waals surface area contributed by atoms with Gasteiger partial charge in [0.15, 0.2) is 0 Å². The molecule has 5 heteroatoms. The molecule has 0 saturated heterocycles. The number of halogens is 2. The van der Waals surface area contributed by atoms with Crippen molar-refractivity contribution in [2.75, 3.05) is 7.11 Å². The van der Waals surface area contributed by atoms with Gasteiger partial charge in [-0.1, -0.05) is 31.9 Å². The summed E-state index contributed by atoms with van der Waals surface area (Å²) in [6.45, 7) is 0. The Balaban J connectivity index is 2.01. The van der Waals surface area contributed by atoms with Gasteiger partial charge in [-0.2, -0.15) is 0 Å². The van der Waals surface area contributed by atoms with E-state index in [1.807, 2.05) is 24.3 Å². The lowest BCUT2D eigenvalue weighted by Crippen LogP contribution is -2.01. The molecule has 0 aliphatic rings. The lowest BCUT2D eigenvalue weighted by atomic mass is 10.2. The maximum absolute atomic E-state index is 11.7. The Morgan fingerprint density at radius 2 is 1.36 bits per heavy atom. The molecular formula is C20H13Br2NO2. The third kappa shape index (κ3) is 2.77. The van der Waals surface area contributed by atoms with Crippen LogP contribution in [-0.2, 0) is 4.74 Å². The van der Waals surface area contributed by atoms with E-state index in [-0.39, 0.29) is 5.97 Å². The van der Waals surface area contributed by atoms with E-state index in [0.29, 0.717) is 5.56 Å². The second kappa shape index (κ2) is 6.32. The average molecular weight is 459 g/mol.